The van der Waals surface area contributed by atoms with Crippen LogP contribution in [0, 0.1) is 0 Å². The third kappa shape index (κ3) is 4.41. The third-order valence-corrected chi connectivity index (χ3v) is 3.34. The maximum absolute atomic E-state index is 11.9. The number of para-hydroxylation sites is 1. The first-order valence-electron chi connectivity index (χ1n) is 6.79. The summed E-state index contributed by atoms with van der Waals surface area (Å²) >= 11 is 0. The fraction of sp³-hybridized carbons (Fsp3) is 0.400. The second-order valence-electron chi connectivity index (χ2n) is 4.86. The number of nitrogens with one attached hydrogen (secondary N) is 2. The second-order valence-corrected chi connectivity index (χ2v) is 4.86. The topological polar surface area (TPSA) is 67.1 Å². The van der Waals surface area contributed by atoms with Gasteiger partial charge in [-0.05, 0) is 37.8 Å². The Morgan fingerprint density at radius 3 is 2.53 bits per heavy atom. The maximum Gasteiger partial charge on any atom is 0.319 e. The van der Waals surface area contributed by atoms with Crippen LogP contribution in [0.3, 0.4) is 0 Å². The molecule has 0 aromatic heterocycles. The Hall–Kier alpha value is -1.81. The molecule has 0 bridgehead atoms. The van der Waals surface area contributed by atoms with Crippen LogP contribution in [0.15, 0.2) is 42.5 Å². The lowest BCUT2D eigenvalue weighted by Crippen LogP contribution is -2.49. The quantitative estimate of drug-likeness (QED) is 0.715. The van der Waals surface area contributed by atoms with Crippen LogP contribution in [0.4, 0.5) is 10.5 Å². The smallest absolute Gasteiger partial charge is 0.319 e. The SMILES string of the molecule is NC1CC/C=C/CCC1NC(=O)Nc1ccccc1. The van der Waals surface area contributed by atoms with Crippen molar-refractivity contribution in [2.24, 2.45) is 5.73 Å². The highest BCUT2D eigenvalue weighted by Gasteiger charge is 2.19. The molecule has 1 aliphatic rings. The number of hydrogen-bond acceptors (Lipinski definition) is 2. The molecule has 2 unspecified atom stereocenters. The summed E-state index contributed by atoms with van der Waals surface area (Å²) < 4.78 is 0. The molecule has 0 aliphatic heterocycles. The summed E-state index contributed by atoms with van der Waals surface area (Å²) in [6.07, 6.45) is 8.08. The zero-order chi connectivity index (χ0) is 13.5. The molecule has 4 heteroatoms. The van der Waals surface area contributed by atoms with Crippen molar-refractivity contribution < 1.29 is 4.79 Å². The fourth-order valence-corrected chi connectivity index (χ4v) is 2.25. The van der Waals surface area contributed by atoms with Crippen LogP contribution >= 0.6 is 0 Å². The van der Waals surface area contributed by atoms with Gasteiger partial charge in [-0.3, -0.25) is 0 Å². The van der Waals surface area contributed by atoms with E-state index in [4.69, 9.17) is 5.73 Å². The fourth-order valence-electron chi connectivity index (χ4n) is 2.25. The highest BCUT2D eigenvalue weighted by atomic mass is 16.2. The second kappa shape index (κ2) is 6.95. The number of carbonyl (C=O) groups excluding carboxylic acids is 1. The van der Waals surface area contributed by atoms with Crippen LogP contribution in [0.2, 0.25) is 0 Å². The minimum atomic E-state index is -0.184. The molecular weight excluding hydrogens is 238 g/mol. The van der Waals surface area contributed by atoms with Gasteiger partial charge >= 0.3 is 6.03 Å². The maximum atomic E-state index is 11.9. The number of anilines is 1. The molecule has 0 saturated heterocycles. The summed E-state index contributed by atoms with van der Waals surface area (Å²) in [5.74, 6) is 0. The molecule has 0 radical (unpaired) electrons. The predicted molar refractivity (Wildman–Crippen MR) is 78.0 cm³/mol. The number of amides is 2. The molecule has 4 nitrogen and oxygen atoms in total. The van der Waals surface area contributed by atoms with Gasteiger partial charge in [0.25, 0.3) is 0 Å². The van der Waals surface area contributed by atoms with Crippen molar-refractivity contribution >= 4 is 11.7 Å². The molecule has 0 heterocycles. The van der Waals surface area contributed by atoms with E-state index < -0.39 is 0 Å². The van der Waals surface area contributed by atoms with E-state index in [9.17, 15) is 4.79 Å². The summed E-state index contributed by atoms with van der Waals surface area (Å²) in [5.41, 5.74) is 6.90. The van der Waals surface area contributed by atoms with Gasteiger partial charge in [-0.15, -0.1) is 0 Å². The Morgan fingerprint density at radius 2 is 1.79 bits per heavy atom. The van der Waals surface area contributed by atoms with Crippen molar-refractivity contribution in [3.63, 3.8) is 0 Å². The first-order valence-corrected chi connectivity index (χ1v) is 6.79. The van der Waals surface area contributed by atoms with Gasteiger partial charge in [0.15, 0.2) is 0 Å². The highest BCUT2D eigenvalue weighted by molar-refractivity contribution is 5.89. The lowest BCUT2D eigenvalue weighted by molar-refractivity contribution is 0.244. The first-order chi connectivity index (χ1) is 9.25. The Kier molecular flexibility index (Phi) is 4.98. The van der Waals surface area contributed by atoms with Gasteiger partial charge in [0.2, 0.25) is 0 Å². The predicted octanol–water partition coefficient (Wildman–Crippen LogP) is 2.63. The Bertz CT molecular complexity index is 430. The normalized spacial score (nSPS) is 24.9. The van der Waals surface area contributed by atoms with Crippen molar-refractivity contribution in [2.75, 3.05) is 5.32 Å². The first kappa shape index (κ1) is 13.6. The molecule has 2 rings (SSSR count). The minimum Gasteiger partial charge on any atom is -0.334 e. The number of benzene rings is 1. The number of allylic oxidation sites excluding steroid dienone is 2. The van der Waals surface area contributed by atoms with E-state index in [2.05, 4.69) is 22.8 Å². The summed E-state index contributed by atoms with van der Waals surface area (Å²) in [5, 5.41) is 5.80. The van der Waals surface area contributed by atoms with Gasteiger partial charge in [-0.2, -0.15) is 0 Å². The summed E-state index contributed by atoms with van der Waals surface area (Å²) in [4.78, 5) is 11.9. The van der Waals surface area contributed by atoms with Gasteiger partial charge in [-0.1, -0.05) is 30.4 Å². The average Bonchev–Trinajstić information content (AvgIpc) is 2.40. The molecule has 19 heavy (non-hydrogen) atoms. The van der Waals surface area contributed by atoms with Crippen LogP contribution in [0.25, 0.3) is 0 Å². The largest absolute Gasteiger partial charge is 0.334 e. The molecule has 1 aromatic carbocycles. The molecule has 0 spiro atoms. The Morgan fingerprint density at radius 1 is 1.11 bits per heavy atom. The third-order valence-electron chi connectivity index (χ3n) is 3.34. The standard InChI is InChI=1S/C15H21N3O/c16-13-10-6-1-2-7-11-14(13)18-15(19)17-12-8-4-3-5-9-12/h1-5,8-9,13-14H,6-7,10-11,16H2,(H2,17,18,19)/b2-1+. The van der Waals surface area contributed by atoms with E-state index in [0.29, 0.717) is 0 Å². The van der Waals surface area contributed by atoms with Crippen molar-refractivity contribution in [2.45, 2.75) is 37.8 Å². The zero-order valence-electron chi connectivity index (χ0n) is 11.0. The average molecular weight is 259 g/mol. The van der Waals surface area contributed by atoms with Gasteiger partial charge in [-0.25, -0.2) is 4.79 Å². The number of nitrogens with two attached hydrogens (primary N) is 1. The number of hydrogen-bond donors (Lipinski definition) is 3. The number of urea groups is 1. The molecule has 2 atom stereocenters. The van der Waals surface area contributed by atoms with E-state index in [-0.39, 0.29) is 18.1 Å². The van der Waals surface area contributed by atoms with E-state index >= 15 is 0 Å². The Balaban J connectivity index is 1.88. The van der Waals surface area contributed by atoms with Crippen molar-refractivity contribution in [3.8, 4) is 0 Å². The highest BCUT2D eigenvalue weighted by Crippen LogP contribution is 2.12. The summed E-state index contributed by atoms with van der Waals surface area (Å²) in [6, 6.07) is 9.29. The summed E-state index contributed by atoms with van der Waals surface area (Å²) in [7, 11) is 0. The lowest BCUT2D eigenvalue weighted by Gasteiger charge is -2.25. The van der Waals surface area contributed by atoms with Crippen LogP contribution in [-0.4, -0.2) is 18.1 Å². The van der Waals surface area contributed by atoms with E-state index in [0.717, 1.165) is 31.4 Å². The minimum absolute atomic E-state index is 0.0199. The zero-order valence-corrected chi connectivity index (χ0v) is 11.0. The van der Waals surface area contributed by atoms with Gasteiger partial charge in [0, 0.05) is 17.8 Å². The van der Waals surface area contributed by atoms with Crippen molar-refractivity contribution in [1.82, 2.24) is 5.32 Å². The Labute approximate surface area is 114 Å². The molecule has 0 saturated carbocycles. The molecule has 4 N–H and O–H groups in total. The molecular formula is C15H21N3O. The molecule has 0 fully saturated rings. The summed E-state index contributed by atoms with van der Waals surface area (Å²) in [6.45, 7) is 0. The van der Waals surface area contributed by atoms with Crippen molar-refractivity contribution in [3.05, 3.63) is 42.5 Å². The van der Waals surface area contributed by atoms with Crippen LogP contribution < -0.4 is 16.4 Å². The monoisotopic (exact) mass is 259 g/mol. The van der Waals surface area contributed by atoms with E-state index in [1.54, 1.807) is 0 Å². The van der Waals surface area contributed by atoms with Gasteiger partial charge in [0.1, 0.15) is 0 Å². The number of rotatable bonds is 2. The number of carbonyl (C=O) groups is 1. The van der Waals surface area contributed by atoms with Crippen LogP contribution in [-0.2, 0) is 0 Å². The molecule has 1 aromatic rings. The van der Waals surface area contributed by atoms with E-state index in [1.165, 1.54) is 0 Å². The molecule has 2 amide bonds. The van der Waals surface area contributed by atoms with Crippen LogP contribution in [0.5, 0.6) is 0 Å². The lowest BCUT2D eigenvalue weighted by atomic mass is 9.96. The molecule has 102 valence electrons. The molecule has 1 aliphatic carbocycles. The van der Waals surface area contributed by atoms with Gasteiger partial charge in [0.05, 0.1) is 0 Å². The van der Waals surface area contributed by atoms with E-state index in [1.807, 2.05) is 30.3 Å². The van der Waals surface area contributed by atoms with Gasteiger partial charge < -0.3 is 16.4 Å². The van der Waals surface area contributed by atoms with Crippen LogP contribution in [0.1, 0.15) is 25.7 Å². The van der Waals surface area contributed by atoms with Crippen molar-refractivity contribution in [1.29, 1.82) is 0 Å².